The van der Waals surface area contributed by atoms with E-state index in [1.165, 1.54) is 11.3 Å². The van der Waals surface area contributed by atoms with Crippen LogP contribution in [-0.4, -0.2) is 16.1 Å². The molecule has 1 aromatic carbocycles. The van der Waals surface area contributed by atoms with Gasteiger partial charge in [-0.15, -0.1) is 11.3 Å². The first-order valence-corrected chi connectivity index (χ1v) is 7.19. The Labute approximate surface area is 125 Å². The molecular formula is C13H14ClN3O2S. The predicted molar refractivity (Wildman–Crippen MR) is 80.2 cm³/mol. The van der Waals surface area contributed by atoms with Crippen LogP contribution in [0.3, 0.4) is 0 Å². The maximum absolute atomic E-state index is 10.8. The topological polar surface area (TPSA) is 88.2 Å². The van der Waals surface area contributed by atoms with Gasteiger partial charge in [0.1, 0.15) is 6.04 Å². The van der Waals surface area contributed by atoms with Crippen molar-refractivity contribution >= 4 is 34.0 Å². The molecule has 2 aromatic rings. The lowest BCUT2D eigenvalue weighted by atomic mass is 10.1. The highest BCUT2D eigenvalue weighted by Crippen LogP contribution is 2.25. The molecule has 0 aliphatic heterocycles. The Morgan fingerprint density at radius 1 is 1.55 bits per heavy atom. The van der Waals surface area contributed by atoms with Crippen molar-refractivity contribution in [2.75, 3.05) is 5.32 Å². The number of aliphatic carboxylic acids is 1. The molecule has 20 heavy (non-hydrogen) atoms. The van der Waals surface area contributed by atoms with Crippen molar-refractivity contribution in [3.8, 4) is 0 Å². The summed E-state index contributed by atoms with van der Waals surface area (Å²) in [5, 5.41) is 15.0. The maximum Gasteiger partial charge on any atom is 0.326 e. The molecule has 2 atom stereocenters. The van der Waals surface area contributed by atoms with Crippen molar-refractivity contribution in [1.29, 1.82) is 0 Å². The molecule has 7 heteroatoms. The van der Waals surface area contributed by atoms with Crippen molar-refractivity contribution in [1.82, 2.24) is 4.98 Å². The van der Waals surface area contributed by atoms with Crippen molar-refractivity contribution in [3.63, 3.8) is 0 Å². The molecule has 0 bridgehead atoms. The number of carboxylic acid groups (broad SMARTS) is 1. The van der Waals surface area contributed by atoms with Crippen LogP contribution in [0.2, 0.25) is 5.02 Å². The van der Waals surface area contributed by atoms with Gasteiger partial charge in [-0.3, -0.25) is 4.79 Å². The van der Waals surface area contributed by atoms with Crippen LogP contribution in [0.5, 0.6) is 0 Å². The van der Waals surface area contributed by atoms with Gasteiger partial charge in [0.05, 0.1) is 11.7 Å². The number of carbonyl (C=O) groups is 1. The van der Waals surface area contributed by atoms with Crippen LogP contribution in [0, 0.1) is 0 Å². The Hall–Kier alpha value is -1.63. The number of hydrogen-bond acceptors (Lipinski definition) is 5. The van der Waals surface area contributed by atoms with E-state index in [0.29, 0.717) is 15.8 Å². The molecule has 0 amide bonds. The second kappa shape index (κ2) is 6.21. The van der Waals surface area contributed by atoms with E-state index in [2.05, 4.69) is 10.3 Å². The zero-order valence-electron chi connectivity index (χ0n) is 10.7. The molecule has 0 aliphatic rings. The summed E-state index contributed by atoms with van der Waals surface area (Å²) in [7, 11) is 0. The molecule has 1 aromatic heterocycles. The molecule has 2 rings (SSSR count). The van der Waals surface area contributed by atoms with Crippen LogP contribution in [-0.2, 0) is 4.79 Å². The third-order valence-corrected chi connectivity index (χ3v) is 3.82. The number of nitrogens with zero attached hydrogens (tertiary/aromatic N) is 1. The van der Waals surface area contributed by atoms with E-state index in [0.717, 1.165) is 5.56 Å². The third-order valence-electron chi connectivity index (χ3n) is 2.80. The highest BCUT2D eigenvalue weighted by molar-refractivity contribution is 7.13. The molecule has 0 saturated heterocycles. The predicted octanol–water partition coefficient (Wildman–Crippen LogP) is 3.05. The lowest BCUT2D eigenvalue weighted by Crippen LogP contribution is -2.21. The summed E-state index contributed by atoms with van der Waals surface area (Å²) in [5.74, 6) is -1.09. The monoisotopic (exact) mass is 311 g/mol. The summed E-state index contributed by atoms with van der Waals surface area (Å²) < 4.78 is 0. The number of nitrogens with one attached hydrogen (secondary N) is 1. The number of aromatic nitrogens is 1. The van der Waals surface area contributed by atoms with E-state index < -0.39 is 12.0 Å². The quantitative estimate of drug-likeness (QED) is 0.790. The summed E-state index contributed by atoms with van der Waals surface area (Å²) in [4.78, 5) is 15.0. The van der Waals surface area contributed by atoms with Gasteiger partial charge >= 0.3 is 5.97 Å². The summed E-state index contributed by atoms with van der Waals surface area (Å²) in [5.41, 5.74) is 6.89. The van der Waals surface area contributed by atoms with Gasteiger partial charge < -0.3 is 16.2 Å². The van der Waals surface area contributed by atoms with Crippen LogP contribution < -0.4 is 11.1 Å². The Morgan fingerprint density at radius 3 is 2.95 bits per heavy atom. The van der Waals surface area contributed by atoms with E-state index >= 15 is 0 Å². The average Bonchev–Trinajstić information content (AvgIpc) is 2.86. The molecule has 106 valence electrons. The van der Waals surface area contributed by atoms with Gasteiger partial charge in [-0.1, -0.05) is 23.7 Å². The van der Waals surface area contributed by atoms with Crippen molar-refractivity contribution in [2.45, 2.75) is 19.0 Å². The largest absolute Gasteiger partial charge is 0.480 e. The number of halogens is 1. The van der Waals surface area contributed by atoms with Crippen molar-refractivity contribution in [2.24, 2.45) is 5.73 Å². The maximum atomic E-state index is 10.8. The SMILES string of the molecule is CC(Nc1nc(C(N)C(=O)O)cs1)c1cccc(Cl)c1. The fraction of sp³-hybridized carbons (Fsp3) is 0.231. The summed E-state index contributed by atoms with van der Waals surface area (Å²) in [6.45, 7) is 1.98. The van der Waals surface area contributed by atoms with Crippen LogP contribution >= 0.6 is 22.9 Å². The highest BCUT2D eigenvalue weighted by Gasteiger charge is 2.18. The second-order valence-corrected chi connectivity index (χ2v) is 5.61. The van der Waals surface area contributed by atoms with Gasteiger partial charge in [0.2, 0.25) is 0 Å². The number of benzene rings is 1. The molecular weight excluding hydrogens is 298 g/mol. The first kappa shape index (κ1) is 14.8. The molecule has 1 heterocycles. The first-order chi connectivity index (χ1) is 9.47. The zero-order chi connectivity index (χ0) is 14.7. The van der Waals surface area contributed by atoms with Gasteiger partial charge in [0.15, 0.2) is 5.13 Å². The van der Waals surface area contributed by atoms with E-state index in [-0.39, 0.29) is 6.04 Å². The minimum Gasteiger partial charge on any atom is -0.480 e. The van der Waals surface area contributed by atoms with Crippen molar-refractivity contribution in [3.05, 3.63) is 45.9 Å². The fourth-order valence-electron chi connectivity index (χ4n) is 1.67. The highest BCUT2D eigenvalue weighted by atomic mass is 35.5. The third kappa shape index (κ3) is 3.47. The Kier molecular flexibility index (Phi) is 4.59. The Balaban J connectivity index is 2.09. The van der Waals surface area contributed by atoms with Crippen LogP contribution in [0.25, 0.3) is 0 Å². The molecule has 0 aliphatic carbocycles. The van der Waals surface area contributed by atoms with E-state index in [1.807, 2.05) is 31.2 Å². The lowest BCUT2D eigenvalue weighted by Gasteiger charge is -2.13. The average molecular weight is 312 g/mol. The van der Waals surface area contributed by atoms with Crippen LogP contribution in [0.15, 0.2) is 29.6 Å². The van der Waals surface area contributed by atoms with Gasteiger partial charge in [0, 0.05) is 10.4 Å². The van der Waals surface area contributed by atoms with Crippen molar-refractivity contribution < 1.29 is 9.90 Å². The van der Waals surface area contributed by atoms with E-state index in [4.69, 9.17) is 22.4 Å². The first-order valence-electron chi connectivity index (χ1n) is 5.93. The number of nitrogens with two attached hydrogens (primary N) is 1. The van der Waals surface area contributed by atoms with Gasteiger partial charge in [-0.05, 0) is 24.6 Å². The molecule has 4 N–H and O–H groups in total. The van der Waals surface area contributed by atoms with Gasteiger partial charge in [0.25, 0.3) is 0 Å². The van der Waals surface area contributed by atoms with Gasteiger partial charge in [-0.2, -0.15) is 0 Å². The summed E-state index contributed by atoms with van der Waals surface area (Å²) >= 11 is 7.27. The second-order valence-electron chi connectivity index (χ2n) is 4.31. The number of rotatable bonds is 5. The van der Waals surface area contributed by atoms with Crippen LogP contribution in [0.4, 0.5) is 5.13 Å². The minimum atomic E-state index is -1.09. The molecule has 0 radical (unpaired) electrons. The standard InChI is InChI=1S/C13H14ClN3O2S/c1-7(8-3-2-4-9(14)5-8)16-13-17-10(6-20-13)11(15)12(18)19/h2-7,11H,15H2,1H3,(H,16,17)(H,18,19). The summed E-state index contributed by atoms with van der Waals surface area (Å²) in [6.07, 6.45) is 0. The molecule has 0 fully saturated rings. The smallest absolute Gasteiger partial charge is 0.326 e. The van der Waals surface area contributed by atoms with Gasteiger partial charge in [-0.25, -0.2) is 4.98 Å². The van der Waals surface area contributed by atoms with Crippen LogP contribution in [0.1, 0.15) is 30.3 Å². The number of thiazole rings is 1. The Bertz CT molecular complexity index is 617. The minimum absolute atomic E-state index is 0.00810. The summed E-state index contributed by atoms with van der Waals surface area (Å²) in [6, 6.07) is 6.43. The molecule has 0 saturated carbocycles. The zero-order valence-corrected chi connectivity index (χ0v) is 12.3. The number of anilines is 1. The number of hydrogen-bond donors (Lipinski definition) is 3. The molecule has 2 unspecified atom stereocenters. The fourth-order valence-corrected chi connectivity index (χ4v) is 2.70. The molecule has 5 nitrogen and oxygen atoms in total. The van der Waals surface area contributed by atoms with E-state index in [1.54, 1.807) is 5.38 Å². The normalized spacial score (nSPS) is 13.8. The Morgan fingerprint density at radius 2 is 2.30 bits per heavy atom. The lowest BCUT2D eigenvalue weighted by molar-refractivity contribution is -0.138. The van der Waals surface area contributed by atoms with E-state index in [9.17, 15) is 4.79 Å². The molecule has 0 spiro atoms. The number of carboxylic acids is 1.